The van der Waals surface area contributed by atoms with Gasteiger partial charge in [-0.2, -0.15) is 0 Å². The monoisotopic (exact) mass is 322 g/mol. The third-order valence-electron chi connectivity index (χ3n) is 3.93. The summed E-state index contributed by atoms with van der Waals surface area (Å²) in [7, 11) is 0. The summed E-state index contributed by atoms with van der Waals surface area (Å²) in [6.45, 7) is 10.5. The summed E-state index contributed by atoms with van der Waals surface area (Å²) < 4.78 is 0. The number of pyridine rings is 1. The maximum Gasteiger partial charge on any atom is 0.194 e. The van der Waals surface area contributed by atoms with Crippen molar-refractivity contribution in [3.8, 4) is 0 Å². The number of likely N-dealkylation sites (tertiary alicyclic amines) is 1. The molecule has 0 spiro atoms. The van der Waals surface area contributed by atoms with Crippen molar-refractivity contribution in [1.82, 2.24) is 15.2 Å². The number of nitrogens with zero attached hydrogens (tertiary/aromatic N) is 3. The molecule has 1 aliphatic rings. The Morgan fingerprint density at radius 3 is 2.95 bits per heavy atom. The summed E-state index contributed by atoms with van der Waals surface area (Å²) in [6, 6.07) is 3.79. The first kappa shape index (κ1) is 17.1. The van der Waals surface area contributed by atoms with E-state index in [9.17, 15) is 0 Å². The highest BCUT2D eigenvalue weighted by atomic mass is 35.5. The van der Waals surface area contributed by atoms with Crippen LogP contribution in [0, 0.1) is 11.8 Å². The van der Waals surface area contributed by atoms with Gasteiger partial charge in [0.15, 0.2) is 5.96 Å². The summed E-state index contributed by atoms with van der Waals surface area (Å²) in [4.78, 5) is 11.3. The summed E-state index contributed by atoms with van der Waals surface area (Å²) in [6.07, 6.45) is 4.36. The van der Waals surface area contributed by atoms with Crippen LogP contribution in [0.5, 0.6) is 0 Å². The SMILES string of the molecule is CCNC(=NCc1ccc(Cl)nc1)N1CCC(CC(C)C)C1. The van der Waals surface area contributed by atoms with Crippen LogP contribution in [0.3, 0.4) is 0 Å². The largest absolute Gasteiger partial charge is 0.357 e. The minimum atomic E-state index is 0.524. The van der Waals surface area contributed by atoms with Gasteiger partial charge in [0.05, 0.1) is 6.54 Å². The van der Waals surface area contributed by atoms with Crippen molar-refractivity contribution in [1.29, 1.82) is 0 Å². The summed E-state index contributed by atoms with van der Waals surface area (Å²) in [5.74, 6) is 2.58. The molecule has 0 radical (unpaired) electrons. The maximum atomic E-state index is 5.82. The van der Waals surface area contributed by atoms with Crippen molar-refractivity contribution >= 4 is 17.6 Å². The van der Waals surface area contributed by atoms with Crippen LogP contribution >= 0.6 is 11.6 Å². The number of aromatic nitrogens is 1. The average Bonchev–Trinajstić information content (AvgIpc) is 2.92. The molecule has 2 rings (SSSR count). The second-order valence-corrected chi connectivity index (χ2v) is 6.78. The number of aliphatic imine (C=N–C) groups is 1. The summed E-state index contributed by atoms with van der Waals surface area (Å²) >= 11 is 5.82. The topological polar surface area (TPSA) is 40.5 Å². The quantitative estimate of drug-likeness (QED) is 0.512. The molecule has 122 valence electrons. The maximum absolute atomic E-state index is 5.82. The lowest BCUT2D eigenvalue weighted by Gasteiger charge is -2.22. The molecule has 0 bridgehead atoms. The van der Waals surface area contributed by atoms with E-state index in [0.29, 0.717) is 11.7 Å². The summed E-state index contributed by atoms with van der Waals surface area (Å²) in [5.41, 5.74) is 1.08. The molecule has 4 nitrogen and oxygen atoms in total. The van der Waals surface area contributed by atoms with Crippen LogP contribution in [-0.4, -0.2) is 35.5 Å². The van der Waals surface area contributed by atoms with Gasteiger partial charge in [0, 0.05) is 25.8 Å². The number of halogens is 1. The molecule has 5 heteroatoms. The molecule has 1 aromatic rings. The first-order valence-corrected chi connectivity index (χ1v) is 8.60. The van der Waals surface area contributed by atoms with Crippen LogP contribution < -0.4 is 5.32 Å². The van der Waals surface area contributed by atoms with Crippen LogP contribution in [0.4, 0.5) is 0 Å². The lowest BCUT2D eigenvalue weighted by Crippen LogP contribution is -2.40. The molecule has 0 amide bonds. The highest BCUT2D eigenvalue weighted by Gasteiger charge is 2.25. The van der Waals surface area contributed by atoms with Crippen molar-refractivity contribution in [3.05, 3.63) is 29.0 Å². The Morgan fingerprint density at radius 2 is 2.32 bits per heavy atom. The predicted octanol–water partition coefficient (Wildman–Crippen LogP) is 3.57. The van der Waals surface area contributed by atoms with Crippen LogP contribution in [0.1, 0.15) is 39.2 Å². The molecule has 0 aliphatic carbocycles. The lowest BCUT2D eigenvalue weighted by atomic mass is 9.97. The molecule has 1 fully saturated rings. The Bertz CT molecular complexity index is 484. The normalized spacial score (nSPS) is 19.0. The molecule has 22 heavy (non-hydrogen) atoms. The van der Waals surface area contributed by atoms with Crippen LogP contribution in [0.25, 0.3) is 0 Å². The van der Waals surface area contributed by atoms with Gasteiger partial charge in [0.2, 0.25) is 0 Å². The molecule has 0 aromatic carbocycles. The Morgan fingerprint density at radius 1 is 1.50 bits per heavy atom. The fourth-order valence-electron chi connectivity index (χ4n) is 2.98. The van der Waals surface area contributed by atoms with E-state index < -0.39 is 0 Å². The Balaban J connectivity index is 1.97. The third-order valence-corrected chi connectivity index (χ3v) is 4.15. The Kier molecular flexibility index (Phi) is 6.49. The zero-order valence-electron chi connectivity index (χ0n) is 13.8. The molecule has 0 saturated carbocycles. The molecule has 1 saturated heterocycles. The fraction of sp³-hybridized carbons (Fsp3) is 0.647. The van der Waals surface area contributed by atoms with E-state index in [2.05, 4.69) is 36.0 Å². The lowest BCUT2D eigenvalue weighted by molar-refractivity contribution is 0.403. The minimum Gasteiger partial charge on any atom is -0.357 e. The molecular formula is C17H27ClN4. The van der Waals surface area contributed by atoms with Gasteiger partial charge in [-0.15, -0.1) is 0 Å². The van der Waals surface area contributed by atoms with Crippen molar-refractivity contribution in [2.45, 2.75) is 40.2 Å². The number of rotatable bonds is 5. The van der Waals surface area contributed by atoms with E-state index in [-0.39, 0.29) is 0 Å². The minimum absolute atomic E-state index is 0.524. The van der Waals surface area contributed by atoms with Crippen molar-refractivity contribution in [3.63, 3.8) is 0 Å². The standard InChI is InChI=1S/C17H27ClN4/c1-4-19-17(21-11-15-5-6-16(18)20-10-15)22-8-7-14(12-22)9-13(2)3/h5-6,10,13-14H,4,7-9,11-12H2,1-3H3,(H,19,21). The van der Waals surface area contributed by atoms with Crippen molar-refractivity contribution in [2.24, 2.45) is 16.8 Å². The molecule has 1 N–H and O–H groups in total. The molecular weight excluding hydrogens is 296 g/mol. The van der Waals surface area contributed by atoms with Gasteiger partial charge in [0.25, 0.3) is 0 Å². The van der Waals surface area contributed by atoms with Crippen LogP contribution in [-0.2, 0) is 6.54 Å². The number of hydrogen-bond donors (Lipinski definition) is 1. The summed E-state index contributed by atoms with van der Waals surface area (Å²) in [5, 5.41) is 3.93. The van der Waals surface area contributed by atoms with Gasteiger partial charge in [-0.3, -0.25) is 0 Å². The fourth-order valence-corrected chi connectivity index (χ4v) is 3.09. The number of hydrogen-bond acceptors (Lipinski definition) is 2. The van der Waals surface area contributed by atoms with Crippen LogP contribution in [0.2, 0.25) is 5.15 Å². The highest BCUT2D eigenvalue weighted by molar-refractivity contribution is 6.29. The predicted molar refractivity (Wildman–Crippen MR) is 93.2 cm³/mol. The second-order valence-electron chi connectivity index (χ2n) is 6.39. The molecule has 1 aromatic heterocycles. The molecule has 1 unspecified atom stereocenters. The first-order chi connectivity index (χ1) is 10.6. The third kappa shape index (κ3) is 5.16. The number of nitrogens with one attached hydrogen (secondary N) is 1. The zero-order valence-corrected chi connectivity index (χ0v) is 14.6. The Hall–Kier alpha value is -1.29. The zero-order chi connectivity index (χ0) is 15.9. The van der Waals surface area contributed by atoms with E-state index in [1.165, 1.54) is 12.8 Å². The number of guanidine groups is 1. The van der Waals surface area contributed by atoms with Gasteiger partial charge in [-0.05, 0) is 43.2 Å². The molecule has 1 atom stereocenters. The molecule has 1 aliphatic heterocycles. The van der Waals surface area contributed by atoms with E-state index in [1.54, 1.807) is 6.20 Å². The smallest absolute Gasteiger partial charge is 0.194 e. The van der Waals surface area contributed by atoms with Gasteiger partial charge in [0.1, 0.15) is 5.15 Å². The van der Waals surface area contributed by atoms with E-state index in [1.807, 2.05) is 12.1 Å². The van der Waals surface area contributed by atoms with Gasteiger partial charge in [-0.1, -0.05) is 31.5 Å². The van der Waals surface area contributed by atoms with E-state index in [0.717, 1.165) is 43.0 Å². The first-order valence-electron chi connectivity index (χ1n) is 8.22. The molecule has 2 heterocycles. The van der Waals surface area contributed by atoms with E-state index >= 15 is 0 Å². The van der Waals surface area contributed by atoms with Crippen molar-refractivity contribution in [2.75, 3.05) is 19.6 Å². The average molecular weight is 323 g/mol. The van der Waals surface area contributed by atoms with E-state index in [4.69, 9.17) is 16.6 Å². The highest BCUT2D eigenvalue weighted by Crippen LogP contribution is 2.23. The van der Waals surface area contributed by atoms with Crippen LogP contribution in [0.15, 0.2) is 23.3 Å². The van der Waals surface area contributed by atoms with Gasteiger partial charge in [-0.25, -0.2) is 9.98 Å². The van der Waals surface area contributed by atoms with Gasteiger partial charge < -0.3 is 10.2 Å². The van der Waals surface area contributed by atoms with Crippen molar-refractivity contribution < 1.29 is 0 Å². The second kappa shape index (κ2) is 8.37. The van der Waals surface area contributed by atoms with Gasteiger partial charge >= 0.3 is 0 Å². The Labute approximate surface area is 139 Å².